The number of thiazole rings is 1. The minimum Gasteiger partial charge on any atom is -0.320 e. The summed E-state index contributed by atoms with van der Waals surface area (Å²) >= 11 is 0.268. The smallest absolute Gasteiger partial charge is 0.320 e. The number of hydrogen-bond acceptors (Lipinski definition) is 4. The first-order chi connectivity index (χ1) is 7.36. The molecule has 1 aromatic rings. The summed E-state index contributed by atoms with van der Waals surface area (Å²) in [5, 5.41) is -1.07. The number of aromatic nitrogens is 1. The Bertz CT molecular complexity index is 433. The van der Waals surface area contributed by atoms with Crippen molar-refractivity contribution in [3.8, 4) is 12.3 Å². The van der Waals surface area contributed by atoms with E-state index in [1.165, 1.54) is 0 Å². The largest absolute Gasteiger partial charge is 0.443 e. The van der Waals surface area contributed by atoms with Gasteiger partial charge in [0.15, 0.2) is 10.8 Å². The molecule has 16 heavy (non-hydrogen) atoms. The summed E-state index contributed by atoms with van der Waals surface area (Å²) in [7, 11) is 0. The number of terminal acetylenes is 1. The van der Waals surface area contributed by atoms with Gasteiger partial charge in [0, 0.05) is 12.6 Å². The third kappa shape index (κ3) is 2.81. The van der Waals surface area contributed by atoms with Crippen LogP contribution in [0.2, 0.25) is 0 Å². The first kappa shape index (κ1) is 12.7. The van der Waals surface area contributed by atoms with E-state index in [0.29, 0.717) is 0 Å². The van der Waals surface area contributed by atoms with Gasteiger partial charge in [-0.1, -0.05) is 0 Å². The molecule has 1 aromatic heterocycles. The average Bonchev–Trinajstić information content (AvgIpc) is 2.65. The topological polar surface area (TPSA) is 56.0 Å². The number of carbonyl (C=O) groups is 1. The zero-order valence-corrected chi connectivity index (χ0v) is 8.73. The summed E-state index contributed by atoms with van der Waals surface area (Å²) in [6, 6.07) is -0.980. The van der Waals surface area contributed by atoms with Gasteiger partial charge in [0.25, 0.3) is 0 Å². The maximum absolute atomic E-state index is 12.2. The molecule has 0 radical (unpaired) electrons. The molecule has 0 aliphatic heterocycles. The fourth-order valence-corrected chi connectivity index (χ4v) is 1.71. The van der Waals surface area contributed by atoms with Gasteiger partial charge in [-0.2, -0.15) is 13.2 Å². The van der Waals surface area contributed by atoms with Crippen LogP contribution >= 0.6 is 11.3 Å². The number of ketones is 1. The summed E-state index contributed by atoms with van der Waals surface area (Å²) in [4.78, 5) is 14.4. The molecular weight excluding hydrogens is 241 g/mol. The Hall–Kier alpha value is -1.39. The van der Waals surface area contributed by atoms with E-state index in [-0.39, 0.29) is 22.6 Å². The van der Waals surface area contributed by atoms with Crippen molar-refractivity contribution in [2.24, 2.45) is 5.73 Å². The summed E-state index contributed by atoms with van der Waals surface area (Å²) in [6.45, 7) is 0. The molecule has 1 heterocycles. The molecule has 0 aromatic carbocycles. The van der Waals surface area contributed by atoms with Crippen molar-refractivity contribution < 1.29 is 18.0 Å². The number of Topliss-reactive ketones (excluding diaryl/α,β-unsaturated/α-hetero) is 1. The van der Waals surface area contributed by atoms with E-state index < -0.39 is 23.0 Å². The second-order valence-corrected chi connectivity index (χ2v) is 3.94. The Morgan fingerprint density at radius 1 is 1.69 bits per heavy atom. The van der Waals surface area contributed by atoms with Crippen molar-refractivity contribution in [1.29, 1.82) is 0 Å². The van der Waals surface area contributed by atoms with Gasteiger partial charge in [0.05, 0.1) is 10.9 Å². The van der Waals surface area contributed by atoms with Gasteiger partial charge in [0.1, 0.15) is 0 Å². The molecule has 0 aliphatic carbocycles. The van der Waals surface area contributed by atoms with E-state index in [1.54, 1.807) is 0 Å². The molecule has 0 amide bonds. The van der Waals surface area contributed by atoms with Gasteiger partial charge in [-0.3, -0.25) is 4.79 Å². The van der Waals surface area contributed by atoms with Crippen molar-refractivity contribution in [3.05, 3.63) is 16.1 Å². The van der Waals surface area contributed by atoms with Crippen LogP contribution in [-0.2, 0) is 6.18 Å². The molecule has 3 nitrogen and oxygen atoms in total. The number of carbonyl (C=O) groups excluding carboxylic acids is 1. The van der Waals surface area contributed by atoms with Crippen LogP contribution in [0.25, 0.3) is 0 Å². The predicted octanol–water partition coefficient (Wildman–Crippen LogP) is 1.70. The lowest BCUT2D eigenvalue weighted by molar-refractivity contribution is -0.137. The number of nitrogens with two attached hydrogens (primary N) is 1. The van der Waals surface area contributed by atoms with E-state index in [4.69, 9.17) is 12.2 Å². The molecule has 0 saturated carbocycles. The first-order valence-electron chi connectivity index (χ1n) is 4.12. The molecule has 0 bridgehead atoms. The lowest BCUT2D eigenvalue weighted by Gasteiger charge is -2.03. The standard InChI is InChI=1S/C9H7F3N2OS/c1-2-3-5(13)7(15)6-4-14-8(16-6)9(10,11)12/h1,4-5H,3,13H2. The zero-order chi connectivity index (χ0) is 12.3. The molecular formula is C9H7F3N2OS. The van der Waals surface area contributed by atoms with Crippen molar-refractivity contribution in [3.63, 3.8) is 0 Å². The van der Waals surface area contributed by atoms with Crippen LogP contribution in [0.3, 0.4) is 0 Å². The van der Waals surface area contributed by atoms with Crippen LogP contribution in [0.5, 0.6) is 0 Å². The normalized spacial score (nSPS) is 13.2. The third-order valence-corrected chi connectivity index (χ3v) is 2.72. The minimum atomic E-state index is -4.54. The van der Waals surface area contributed by atoms with Crippen LogP contribution < -0.4 is 5.73 Å². The highest BCUT2D eigenvalue weighted by Crippen LogP contribution is 2.32. The zero-order valence-electron chi connectivity index (χ0n) is 7.91. The summed E-state index contributed by atoms with van der Waals surface area (Å²) in [5.74, 6) is 1.55. The Morgan fingerprint density at radius 2 is 2.31 bits per heavy atom. The number of hydrogen-bond donors (Lipinski definition) is 1. The van der Waals surface area contributed by atoms with Crippen molar-refractivity contribution >= 4 is 17.1 Å². The Kier molecular flexibility index (Phi) is 3.67. The highest BCUT2D eigenvalue weighted by atomic mass is 32.1. The second kappa shape index (κ2) is 4.63. The predicted molar refractivity (Wildman–Crippen MR) is 52.9 cm³/mol. The molecule has 0 spiro atoms. The van der Waals surface area contributed by atoms with Gasteiger partial charge in [-0.15, -0.1) is 23.7 Å². The molecule has 86 valence electrons. The number of halogens is 3. The molecule has 0 fully saturated rings. The van der Waals surface area contributed by atoms with E-state index in [2.05, 4.69) is 10.9 Å². The summed E-state index contributed by atoms with van der Waals surface area (Å²) in [6.07, 6.45) is 1.25. The summed E-state index contributed by atoms with van der Waals surface area (Å²) < 4.78 is 36.6. The number of alkyl halides is 3. The SMILES string of the molecule is C#CCC(N)C(=O)c1cnc(C(F)(F)F)s1. The van der Waals surface area contributed by atoms with Crippen LogP contribution in [0.4, 0.5) is 13.2 Å². The average molecular weight is 248 g/mol. The highest BCUT2D eigenvalue weighted by Gasteiger charge is 2.35. The van der Waals surface area contributed by atoms with Crippen LogP contribution in [0.1, 0.15) is 21.1 Å². The van der Waals surface area contributed by atoms with Crippen molar-refractivity contribution in [2.75, 3.05) is 0 Å². The second-order valence-electron chi connectivity index (χ2n) is 2.91. The quantitative estimate of drug-likeness (QED) is 0.654. The maximum Gasteiger partial charge on any atom is 0.443 e. The molecule has 0 saturated heterocycles. The monoisotopic (exact) mass is 248 g/mol. The van der Waals surface area contributed by atoms with Crippen LogP contribution in [-0.4, -0.2) is 16.8 Å². The third-order valence-electron chi connectivity index (χ3n) is 1.67. The number of nitrogens with zero attached hydrogens (tertiary/aromatic N) is 1. The fourth-order valence-electron chi connectivity index (χ4n) is 0.921. The molecule has 1 atom stereocenters. The van der Waals surface area contributed by atoms with Crippen LogP contribution in [0.15, 0.2) is 6.20 Å². The first-order valence-corrected chi connectivity index (χ1v) is 4.94. The molecule has 0 aliphatic rings. The van der Waals surface area contributed by atoms with E-state index in [9.17, 15) is 18.0 Å². The van der Waals surface area contributed by atoms with E-state index >= 15 is 0 Å². The molecule has 2 N–H and O–H groups in total. The minimum absolute atomic E-state index is 0.0158. The lowest BCUT2D eigenvalue weighted by Crippen LogP contribution is -2.29. The number of rotatable bonds is 3. The van der Waals surface area contributed by atoms with Gasteiger partial charge < -0.3 is 5.73 Å². The van der Waals surface area contributed by atoms with Gasteiger partial charge in [-0.25, -0.2) is 4.98 Å². The Labute approximate surface area is 93.5 Å². The molecule has 7 heteroatoms. The Balaban J connectivity index is 2.87. The Morgan fingerprint density at radius 3 is 2.75 bits per heavy atom. The van der Waals surface area contributed by atoms with Gasteiger partial charge in [-0.05, 0) is 0 Å². The maximum atomic E-state index is 12.2. The van der Waals surface area contributed by atoms with Crippen molar-refractivity contribution in [1.82, 2.24) is 4.98 Å². The lowest BCUT2D eigenvalue weighted by atomic mass is 10.1. The van der Waals surface area contributed by atoms with E-state index in [1.807, 2.05) is 0 Å². The van der Waals surface area contributed by atoms with E-state index in [0.717, 1.165) is 6.20 Å². The van der Waals surface area contributed by atoms with Crippen LogP contribution in [0, 0.1) is 12.3 Å². The van der Waals surface area contributed by atoms with Gasteiger partial charge >= 0.3 is 6.18 Å². The van der Waals surface area contributed by atoms with Gasteiger partial charge in [0.2, 0.25) is 0 Å². The fraction of sp³-hybridized carbons (Fsp3) is 0.333. The van der Waals surface area contributed by atoms with Crippen molar-refractivity contribution in [2.45, 2.75) is 18.6 Å². The molecule has 1 unspecified atom stereocenters. The highest BCUT2D eigenvalue weighted by molar-refractivity contribution is 7.13. The summed E-state index contributed by atoms with van der Waals surface area (Å²) in [5.41, 5.74) is 5.38. The molecule has 1 rings (SSSR count).